The molecule has 3 saturated heterocycles. The minimum absolute atomic E-state index is 0.0954. The number of benzene rings is 2. The molecule has 2 bridgehead atoms. The number of carbonyl (C=O) groups is 4. The normalized spacial score (nSPS) is 26.7. The molecule has 5 rings (SSSR count). The minimum Gasteiger partial charge on any atom is -0.455 e. The van der Waals surface area contributed by atoms with Gasteiger partial charge in [-0.15, -0.1) is 13.2 Å². The zero-order chi connectivity index (χ0) is 38.8. The molecule has 1 spiro atoms. The first-order chi connectivity index (χ1) is 25.3. The maximum Gasteiger partial charge on any atom is 0.313 e. The van der Waals surface area contributed by atoms with E-state index in [0.29, 0.717) is 29.1 Å². The van der Waals surface area contributed by atoms with Crippen LogP contribution in [-0.4, -0.2) is 93.5 Å². The summed E-state index contributed by atoms with van der Waals surface area (Å²) in [5, 5.41) is 11.2. The molecule has 10 atom stereocenters. The predicted molar refractivity (Wildman–Crippen MR) is 209 cm³/mol. The van der Waals surface area contributed by atoms with E-state index >= 15 is 9.59 Å². The van der Waals surface area contributed by atoms with Crippen molar-refractivity contribution >= 4 is 56.9 Å². The Kier molecular flexibility index (Phi) is 13.0. The summed E-state index contributed by atoms with van der Waals surface area (Å²) >= 11 is 10.5. The van der Waals surface area contributed by atoms with Crippen LogP contribution in [0, 0.1) is 24.7 Å². The Morgan fingerprint density at radius 3 is 2.45 bits per heavy atom. The number of fused-ring (bicyclic) bond motifs is 1. The van der Waals surface area contributed by atoms with E-state index in [0.717, 1.165) is 5.56 Å². The zero-order valence-electron chi connectivity index (χ0n) is 31.1. The van der Waals surface area contributed by atoms with Crippen LogP contribution in [0.1, 0.15) is 63.7 Å². The third kappa shape index (κ3) is 7.34. The summed E-state index contributed by atoms with van der Waals surface area (Å²) in [4.78, 5) is 62.2. The van der Waals surface area contributed by atoms with Crippen LogP contribution in [0.25, 0.3) is 0 Å². The van der Waals surface area contributed by atoms with E-state index in [1.807, 2.05) is 64.1 Å². The van der Waals surface area contributed by atoms with Gasteiger partial charge in [-0.3, -0.25) is 19.2 Å². The number of hydrogen-bond donors (Lipinski definition) is 1. The zero-order valence-corrected chi connectivity index (χ0v) is 33.5. The van der Waals surface area contributed by atoms with Crippen LogP contribution in [0.3, 0.4) is 0 Å². The number of rotatable bonds is 16. The van der Waals surface area contributed by atoms with Gasteiger partial charge in [0.05, 0.1) is 47.3 Å². The Morgan fingerprint density at radius 1 is 1.15 bits per heavy atom. The van der Waals surface area contributed by atoms with Crippen LogP contribution in [0.4, 0.5) is 5.69 Å². The van der Waals surface area contributed by atoms with Crippen molar-refractivity contribution in [2.75, 3.05) is 25.1 Å². The van der Waals surface area contributed by atoms with Gasteiger partial charge in [0, 0.05) is 24.8 Å². The van der Waals surface area contributed by atoms with Crippen LogP contribution in [0.2, 0.25) is 5.02 Å². The van der Waals surface area contributed by atoms with Crippen LogP contribution in [-0.2, 0) is 28.7 Å². The fourth-order valence-electron chi connectivity index (χ4n) is 8.44. The first kappa shape index (κ1) is 40.7. The molecule has 1 N–H and O–H groups in total. The molecule has 286 valence electrons. The Balaban J connectivity index is 1.59. The van der Waals surface area contributed by atoms with Crippen molar-refractivity contribution in [3.63, 3.8) is 0 Å². The second-order valence-corrected chi connectivity index (χ2v) is 16.1. The molecule has 3 amide bonds. The third-order valence-corrected chi connectivity index (χ3v) is 12.6. The number of esters is 1. The van der Waals surface area contributed by atoms with Gasteiger partial charge in [0.2, 0.25) is 11.8 Å². The number of aliphatic hydroxyl groups is 1. The number of carbonyl (C=O) groups excluding carboxylic acids is 4. The van der Waals surface area contributed by atoms with Crippen molar-refractivity contribution < 1.29 is 33.8 Å². The number of likely N-dealkylation sites (tertiary alicyclic amines) is 1. The van der Waals surface area contributed by atoms with Crippen molar-refractivity contribution in [1.82, 2.24) is 9.80 Å². The maximum absolute atomic E-state index is 15.2. The number of hydrogen-bond acceptors (Lipinski definition) is 7. The van der Waals surface area contributed by atoms with E-state index in [4.69, 9.17) is 21.1 Å². The van der Waals surface area contributed by atoms with Crippen LogP contribution < -0.4 is 4.90 Å². The smallest absolute Gasteiger partial charge is 0.313 e. The second kappa shape index (κ2) is 16.9. The summed E-state index contributed by atoms with van der Waals surface area (Å²) in [6.07, 6.45) is 3.29. The van der Waals surface area contributed by atoms with E-state index in [1.165, 1.54) is 9.80 Å². The van der Waals surface area contributed by atoms with Crippen LogP contribution >= 0.6 is 27.5 Å². The lowest BCUT2D eigenvalue weighted by molar-refractivity contribution is -0.165. The molecule has 2 aromatic carbocycles. The molecule has 3 aliphatic heterocycles. The lowest BCUT2D eigenvalue weighted by Crippen LogP contribution is -2.60. The van der Waals surface area contributed by atoms with Gasteiger partial charge in [0.15, 0.2) is 0 Å². The molecular weight excluding hydrogens is 762 g/mol. The van der Waals surface area contributed by atoms with Gasteiger partial charge in [-0.1, -0.05) is 102 Å². The molecule has 12 heteroatoms. The van der Waals surface area contributed by atoms with E-state index in [2.05, 4.69) is 29.1 Å². The van der Waals surface area contributed by atoms with Crippen LogP contribution in [0.5, 0.6) is 0 Å². The first-order valence-corrected chi connectivity index (χ1v) is 19.6. The number of anilines is 1. The van der Waals surface area contributed by atoms with E-state index in [-0.39, 0.29) is 36.0 Å². The van der Waals surface area contributed by atoms with Crippen LogP contribution in [0.15, 0.2) is 73.8 Å². The number of halogens is 2. The fraction of sp³-hybridized carbons (Fsp3) is 0.512. The third-order valence-electron chi connectivity index (χ3n) is 11.5. The average molecular weight is 813 g/mol. The highest BCUT2D eigenvalue weighted by molar-refractivity contribution is 9.09. The molecule has 3 heterocycles. The molecule has 53 heavy (non-hydrogen) atoms. The number of allylic oxidation sites excluding steroid dienone is 1. The number of aryl methyl sites for hydroxylation is 1. The lowest BCUT2D eigenvalue weighted by Gasteiger charge is -2.41. The highest BCUT2D eigenvalue weighted by Crippen LogP contribution is 2.61. The standard InChI is InChI=1S/C41H51BrClN3O7/c1-8-11-20-31(48)44(7)26(6)35(27-17-13-12-14-18-27)52-40(51)32-33-38(49)46(30(23-47)24(4)10-3)37(41(33)22-28(42)36(32)53-41)39(50)45(21-9-2)34-25(5)16-15-19-29(34)43/h8-9,12-19,24,26,28,30,32-33,35-37,47H,1-2,10-11,20-23H2,3-7H3/t24-,26-,28?,30-,32+,33-,35+,36+,37+,41-/m0/s1. The largest absolute Gasteiger partial charge is 0.455 e. The molecule has 2 aromatic rings. The summed E-state index contributed by atoms with van der Waals surface area (Å²) in [5.74, 6) is -4.01. The predicted octanol–water partition coefficient (Wildman–Crippen LogP) is 6.42. The maximum atomic E-state index is 15.2. The van der Waals surface area contributed by atoms with Gasteiger partial charge in [-0.2, -0.15) is 0 Å². The summed E-state index contributed by atoms with van der Waals surface area (Å²) in [5.41, 5.74) is 0.507. The fourth-order valence-corrected chi connectivity index (χ4v) is 9.71. The summed E-state index contributed by atoms with van der Waals surface area (Å²) in [6, 6.07) is 12.1. The molecule has 1 unspecified atom stereocenters. The average Bonchev–Trinajstić information content (AvgIpc) is 3.75. The molecule has 0 aromatic heterocycles. The molecule has 3 fully saturated rings. The van der Waals surface area contributed by atoms with Crippen molar-refractivity contribution in [2.24, 2.45) is 17.8 Å². The van der Waals surface area contributed by atoms with Crippen molar-refractivity contribution in [1.29, 1.82) is 0 Å². The monoisotopic (exact) mass is 811 g/mol. The van der Waals surface area contributed by atoms with E-state index in [9.17, 15) is 14.7 Å². The summed E-state index contributed by atoms with van der Waals surface area (Å²) in [7, 11) is 1.68. The van der Waals surface area contributed by atoms with E-state index < -0.39 is 72.2 Å². The van der Waals surface area contributed by atoms with Gasteiger partial charge >= 0.3 is 5.97 Å². The van der Waals surface area contributed by atoms with Crippen molar-refractivity contribution in [3.05, 3.63) is 90.0 Å². The lowest BCUT2D eigenvalue weighted by atomic mass is 9.70. The molecule has 0 radical (unpaired) electrons. The van der Waals surface area contributed by atoms with Crippen molar-refractivity contribution in [3.8, 4) is 0 Å². The van der Waals surface area contributed by atoms with Crippen molar-refractivity contribution in [2.45, 2.75) is 94.1 Å². The Labute approximate surface area is 326 Å². The number of nitrogens with zero attached hydrogens (tertiary/aromatic N) is 3. The number of ether oxygens (including phenoxy) is 2. The number of amides is 3. The minimum atomic E-state index is -1.42. The molecule has 0 aliphatic carbocycles. The summed E-state index contributed by atoms with van der Waals surface area (Å²) in [6.45, 7) is 14.9. The second-order valence-electron chi connectivity index (χ2n) is 14.5. The Morgan fingerprint density at radius 2 is 1.85 bits per heavy atom. The molecule has 3 aliphatic rings. The molecule has 10 nitrogen and oxygen atoms in total. The molecule has 0 saturated carbocycles. The first-order valence-electron chi connectivity index (χ1n) is 18.3. The number of para-hydroxylation sites is 1. The van der Waals surface area contributed by atoms with Gasteiger partial charge in [-0.05, 0) is 49.8 Å². The Bertz CT molecular complexity index is 1690. The topological polar surface area (TPSA) is 117 Å². The summed E-state index contributed by atoms with van der Waals surface area (Å²) < 4.78 is 13.2. The van der Waals surface area contributed by atoms with Gasteiger partial charge in [-0.25, -0.2) is 0 Å². The van der Waals surface area contributed by atoms with Gasteiger partial charge < -0.3 is 29.3 Å². The van der Waals surface area contributed by atoms with Gasteiger partial charge in [0.25, 0.3) is 5.91 Å². The highest BCUT2D eigenvalue weighted by atomic mass is 79.9. The number of alkyl halides is 1. The number of likely N-dealkylation sites (N-methyl/N-ethyl adjacent to an activating group) is 1. The van der Waals surface area contributed by atoms with E-state index in [1.54, 1.807) is 36.2 Å². The molecular formula is C41H51BrClN3O7. The number of aliphatic hydroxyl groups excluding tert-OH is 1. The Hall–Kier alpha value is -3.51. The quantitative estimate of drug-likeness (QED) is 0.118. The SMILES string of the molecule is C=CCCC(=O)N(C)[C@@H](C)[C@@H](OC(=O)[C@H]1[C@@H]2O[C@@]3(CC2Br)[C@@H]1C(=O)N([C@@H](CO)[C@@H](C)CC)[C@@H]3C(=O)N(CC=C)c1c(C)cccc1Cl)c1ccccc1. The van der Waals surface area contributed by atoms with Gasteiger partial charge in [0.1, 0.15) is 17.7 Å². The highest BCUT2D eigenvalue weighted by Gasteiger charge is 2.78.